The summed E-state index contributed by atoms with van der Waals surface area (Å²) in [4.78, 5) is 16.2. The Morgan fingerprint density at radius 3 is 2.81 bits per heavy atom. The van der Waals surface area contributed by atoms with Crippen LogP contribution in [0.25, 0.3) is 0 Å². The molecule has 2 aliphatic heterocycles. The first kappa shape index (κ1) is 23.7. The van der Waals surface area contributed by atoms with Crippen molar-refractivity contribution in [1.29, 1.82) is 0 Å². The van der Waals surface area contributed by atoms with Gasteiger partial charge < -0.3 is 15.4 Å². The summed E-state index contributed by atoms with van der Waals surface area (Å²) >= 11 is 1.79. The van der Waals surface area contributed by atoms with Gasteiger partial charge in [0.1, 0.15) is 0 Å². The number of nitrogens with zero attached hydrogens (tertiary/aromatic N) is 1. The van der Waals surface area contributed by atoms with Crippen LogP contribution in [0.15, 0.2) is 17.5 Å². The van der Waals surface area contributed by atoms with Crippen LogP contribution < -0.4 is 10.6 Å². The monoisotopic (exact) mass is 423 g/mol. The number of nitrogens with one attached hydrogen (secondary N) is 2. The Kier molecular flexibility index (Phi) is 11.1. The third-order valence-electron chi connectivity index (χ3n) is 5.05. The van der Waals surface area contributed by atoms with Crippen LogP contribution in [0.3, 0.4) is 0 Å². The van der Waals surface area contributed by atoms with Gasteiger partial charge in [-0.1, -0.05) is 13.0 Å². The smallest absolute Gasteiger partial charge is 0.221 e. The lowest BCUT2D eigenvalue weighted by Crippen LogP contribution is -2.46. The Labute approximate surface area is 173 Å². The summed E-state index contributed by atoms with van der Waals surface area (Å²) in [6.45, 7) is 7.48. The minimum Gasteiger partial charge on any atom is -0.378 e. The molecule has 0 saturated carbocycles. The second-order valence-electron chi connectivity index (χ2n) is 6.98. The number of hydrogen-bond acceptors (Lipinski definition) is 5. The zero-order valence-corrected chi connectivity index (χ0v) is 17.8. The highest BCUT2D eigenvalue weighted by atomic mass is 35.5. The van der Waals surface area contributed by atoms with Gasteiger partial charge in [0.05, 0.1) is 19.3 Å². The molecule has 0 radical (unpaired) electrons. The van der Waals surface area contributed by atoms with E-state index < -0.39 is 0 Å². The van der Waals surface area contributed by atoms with E-state index in [0.717, 1.165) is 32.2 Å². The molecule has 2 N–H and O–H groups in total. The second kappa shape index (κ2) is 12.2. The predicted octanol–water partition coefficient (Wildman–Crippen LogP) is 2.86. The summed E-state index contributed by atoms with van der Waals surface area (Å²) in [5.74, 6) is 0.933. The first-order valence-electron chi connectivity index (χ1n) is 9.07. The molecule has 2 unspecified atom stereocenters. The molecule has 1 aromatic rings. The maximum absolute atomic E-state index is 12.3. The van der Waals surface area contributed by atoms with Gasteiger partial charge in [-0.3, -0.25) is 9.69 Å². The molecule has 3 rings (SSSR count). The molecule has 26 heavy (non-hydrogen) atoms. The van der Waals surface area contributed by atoms with Crippen LogP contribution in [0.1, 0.15) is 37.1 Å². The third kappa shape index (κ3) is 6.98. The molecule has 8 heteroatoms. The summed E-state index contributed by atoms with van der Waals surface area (Å²) in [7, 11) is 0. The molecule has 1 amide bonds. The number of likely N-dealkylation sites (tertiary alicyclic amines) is 1. The van der Waals surface area contributed by atoms with E-state index in [1.165, 1.54) is 17.7 Å². The van der Waals surface area contributed by atoms with Crippen molar-refractivity contribution in [2.24, 2.45) is 5.92 Å². The van der Waals surface area contributed by atoms with Gasteiger partial charge in [-0.05, 0) is 43.3 Å². The fourth-order valence-electron chi connectivity index (χ4n) is 3.49. The first-order chi connectivity index (χ1) is 11.7. The zero-order chi connectivity index (χ0) is 16.8. The lowest BCUT2D eigenvalue weighted by atomic mass is 9.97. The minimum absolute atomic E-state index is 0. The van der Waals surface area contributed by atoms with E-state index in [4.69, 9.17) is 4.74 Å². The van der Waals surface area contributed by atoms with Crippen molar-refractivity contribution < 1.29 is 9.53 Å². The van der Waals surface area contributed by atoms with Crippen molar-refractivity contribution >= 4 is 42.1 Å². The van der Waals surface area contributed by atoms with Crippen molar-refractivity contribution in [2.75, 3.05) is 39.4 Å². The van der Waals surface area contributed by atoms with Gasteiger partial charge in [-0.15, -0.1) is 36.2 Å². The third-order valence-corrected chi connectivity index (χ3v) is 6.03. The molecule has 2 atom stereocenters. The van der Waals surface area contributed by atoms with Crippen molar-refractivity contribution in [3.63, 3.8) is 0 Å². The highest BCUT2D eigenvalue weighted by molar-refractivity contribution is 7.10. The van der Waals surface area contributed by atoms with Gasteiger partial charge in [0, 0.05) is 30.4 Å². The molecular formula is C18H31Cl2N3O2S. The molecule has 2 saturated heterocycles. The Morgan fingerprint density at radius 2 is 2.19 bits per heavy atom. The molecule has 1 aromatic heterocycles. The van der Waals surface area contributed by atoms with Crippen molar-refractivity contribution in [2.45, 2.75) is 38.3 Å². The van der Waals surface area contributed by atoms with Crippen LogP contribution >= 0.6 is 36.2 Å². The topological polar surface area (TPSA) is 53.6 Å². The number of halogens is 2. The summed E-state index contributed by atoms with van der Waals surface area (Å²) in [6.07, 6.45) is 2.99. The lowest BCUT2D eigenvalue weighted by molar-refractivity contribution is -0.122. The Morgan fingerprint density at radius 1 is 1.42 bits per heavy atom. The summed E-state index contributed by atoms with van der Waals surface area (Å²) in [6, 6.07) is 4.74. The molecule has 5 nitrogen and oxygen atoms in total. The SMILES string of the molecule is CC1CCN(C(CNC(=O)CC2COCCN2)c2cccs2)CC1.Cl.Cl. The van der Waals surface area contributed by atoms with E-state index in [1.807, 2.05) is 0 Å². The zero-order valence-electron chi connectivity index (χ0n) is 15.3. The van der Waals surface area contributed by atoms with Crippen LogP contribution in [-0.2, 0) is 9.53 Å². The number of morpholine rings is 1. The van der Waals surface area contributed by atoms with Gasteiger partial charge in [0.2, 0.25) is 5.91 Å². The number of thiophene rings is 1. The molecule has 2 aliphatic rings. The van der Waals surface area contributed by atoms with E-state index in [2.05, 4.69) is 40.0 Å². The van der Waals surface area contributed by atoms with E-state index >= 15 is 0 Å². The van der Waals surface area contributed by atoms with Gasteiger partial charge >= 0.3 is 0 Å². The molecule has 2 fully saturated rings. The van der Waals surface area contributed by atoms with Crippen molar-refractivity contribution in [3.05, 3.63) is 22.4 Å². The lowest BCUT2D eigenvalue weighted by Gasteiger charge is -2.36. The summed E-state index contributed by atoms with van der Waals surface area (Å²) in [5, 5.41) is 8.62. The number of ether oxygens (including phenoxy) is 1. The molecule has 0 spiro atoms. The normalized spacial score (nSPS) is 22.7. The number of piperidine rings is 1. The van der Waals surface area contributed by atoms with Crippen LogP contribution in [0, 0.1) is 5.92 Å². The van der Waals surface area contributed by atoms with Crippen LogP contribution in [0.2, 0.25) is 0 Å². The van der Waals surface area contributed by atoms with Crippen molar-refractivity contribution in [3.8, 4) is 0 Å². The van der Waals surface area contributed by atoms with Gasteiger partial charge in [0.25, 0.3) is 0 Å². The fraction of sp³-hybridized carbons (Fsp3) is 0.722. The molecule has 3 heterocycles. The Bertz CT molecular complexity index is 505. The predicted molar refractivity (Wildman–Crippen MR) is 112 cm³/mol. The average Bonchev–Trinajstić information content (AvgIpc) is 3.12. The summed E-state index contributed by atoms with van der Waals surface area (Å²) in [5.41, 5.74) is 0. The number of carbonyl (C=O) groups is 1. The Hall–Kier alpha value is -0.370. The van der Waals surface area contributed by atoms with E-state index in [1.54, 1.807) is 11.3 Å². The minimum atomic E-state index is 0. The molecule has 0 aliphatic carbocycles. The number of hydrogen-bond donors (Lipinski definition) is 2. The van der Waals surface area contributed by atoms with E-state index in [0.29, 0.717) is 25.6 Å². The molecule has 0 aromatic carbocycles. The van der Waals surface area contributed by atoms with E-state index in [9.17, 15) is 4.79 Å². The Balaban J connectivity index is 0.00000169. The highest BCUT2D eigenvalue weighted by Crippen LogP contribution is 2.29. The number of carbonyl (C=O) groups excluding carboxylic acids is 1. The first-order valence-corrected chi connectivity index (χ1v) is 9.95. The fourth-order valence-corrected chi connectivity index (χ4v) is 4.35. The highest BCUT2D eigenvalue weighted by Gasteiger charge is 2.26. The van der Waals surface area contributed by atoms with Gasteiger partial charge in [-0.25, -0.2) is 0 Å². The quantitative estimate of drug-likeness (QED) is 0.738. The molecule has 150 valence electrons. The number of rotatable bonds is 6. The largest absolute Gasteiger partial charge is 0.378 e. The van der Waals surface area contributed by atoms with Crippen LogP contribution in [0.5, 0.6) is 0 Å². The summed E-state index contributed by atoms with van der Waals surface area (Å²) < 4.78 is 5.42. The molecule has 0 bridgehead atoms. The maximum atomic E-state index is 12.3. The van der Waals surface area contributed by atoms with E-state index in [-0.39, 0.29) is 36.8 Å². The van der Waals surface area contributed by atoms with Gasteiger partial charge in [-0.2, -0.15) is 0 Å². The maximum Gasteiger partial charge on any atom is 0.221 e. The van der Waals surface area contributed by atoms with Crippen molar-refractivity contribution in [1.82, 2.24) is 15.5 Å². The standard InChI is InChI=1S/C18H29N3O2S.2ClH/c1-14-4-7-21(8-5-14)16(17-3-2-10-24-17)12-20-18(22)11-15-13-23-9-6-19-15;;/h2-3,10,14-16,19H,4-9,11-13H2,1H3,(H,20,22);2*1H. The number of amides is 1. The van der Waals surface area contributed by atoms with Crippen LogP contribution in [-0.4, -0.2) is 56.2 Å². The second-order valence-corrected chi connectivity index (χ2v) is 7.96. The average molecular weight is 424 g/mol. The van der Waals surface area contributed by atoms with Crippen LogP contribution in [0.4, 0.5) is 0 Å². The molecular weight excluding hydrogens is 393 g/mol. The van der Waals surface area contributed by atoms with Gasteiger partial charge in [0.15, 0.2) is 0 Å².